The van der Waals surface area contributed by atoms with Crippen molar-refractivity contribution in [3.8, 4) is 10.6 Å². The minimum atomic E-state index is -0.851. The molecule has 0 saturated carbocycles. The molecule has 4 rings (SSSR count). The van der Waals surface area contributed by atoms with E-state index in [9.17, 15) is 9.59 Å². The number of hydrogen-bond donors (Lipinski definition) is 2. The molecule has 0 aliphatic carbocycles. The molecular formula is C25H20Cl2N4O2S. The molecule has 3 aromatic carbocycles. The van der Waals surface area contributed by atoms with Crippen LogP contribution in [0.1, 0.15) is 21.5 Å². The van der Waals surface area contributed by atoms with E-state index >= 15 is 0 Å². The van der Waals surface area contributed by atoms with Gasteiger partial charge in [0.1, 0.15) is 11.0 Å². The van der Waals surface area contributed by atoms with Crippen LogP contribution in [0.15, 0.2) is 72.8 Å². The van der Waals surface area contributed by atoms with E-state index in [2.05, 4.69) is 20.8 Å². The van der Waals surface area contributed by atoms with E-state index in [4.69, 9.17) is 23.2 Å². The number of nitrogens with one attached hydrogen (secondary N) is 2. The normalized spacial score (nSPS) is 11.6. The minimum Gasteiger partial charge on any atom is -0.340 e. The molecule has 9 heteroatoms. The molecule has 2 N–H and O–H groups in total. The van der Waals surface area contributed by atoms with Gasteiger partial charge in [-0.05, 0) is 36.8 Å². The molecular weight excluding hydrogens is 491 g/mol. The Hall–Kier alpha value is -3.26. The van der Waals surface area contributed by atoms with E-state index < -0.39 is 17.9 Å². The lowest BCUT2D eigenvalue weighted by atomic mass is 10.0. The van der Waals surface area contributed by atoms with E-state index in [-0.39, 0.29) is 5.02 Å². The highest BCUT2D eigenvalue weighted by atomic mass is 35.5. The Morgan fingerprint density at radius 2 is 1.74 bits per heavy atom. The Morgan fingerprint density at radius 1 is 0.941 bits per heavy atom. The van der Waals surface area contributed by atoms with E-state index in [1.54, 1.807) is 12.1 Å². The summed E-state index contributed by atoms with van der Waals surface area (Å²) in [6.45, 7) is 2.00. The van der Waals surface area contributed by atoms with E-state index in [1.165, 1.54) is 17.4 Å². The zero-order chi connectivity index (χ0) is 24.1. The first kappa shape index (κ1) is 23.9. The number of benzene rings is 3. The average molecular weight is 511 g/mol. The molecule has 0 aliphatic heterocycles. The van der Waals surface area contributed by atoms with Crippen molar-refractivity contribution in [3.63, 3.8) is 0 Å². The lowest BCUT2D eigenvalue weighted by Gasteiger charge is -2.18. The van der Waals surface area contributed by atoms with Gasteiger partial charge >= 0.3 is 0 Å². The van der Waals surface area contributed by atoms with Crippen LogP contribution in [0.5, 0.6) is 0 Å². The maximum atomic E-state index is 13.2. The van der Waals surface area contributed by atoms with Crippen molar-refractivity contribution in [1.29, 1.82) is 0 Å². The van der Waals surface area contributed by atoms with Crippen LogP contribution < -0.4 is 10.6 Å². The first-order chi connectivity index (χ1) is 16.4. The van der Waals surface area contributed by atoms with Crippen molar-refractivity contribution < 1.29 is 9.59 Å². The van der Waals surface area contributed by atoms with Gasteiger partial charge in [0, 0.05) is 17.5 Å². The molecule has 0 bridgehead atoms. The van der Waals surface area contributed by atoms with Gasteiger partial charge in [0.25, 0.3) is 5.91 Å². The molecule has 34 heavy (non-hydrogen) atoms. The molecule has 172 valence electrons. The van der Waals surface area contributed by atoms with Crippen LogP contribution in [0.3, 0.4) is 0 Å². The van der Waals surface area contributed by atoms with Crippen molar-refractivity contribution in [3.05, 3.63) is 99.5 Å². The van der Waals surface area contributed by atoms with E-state index in [0.29, 0.717) is 27.1 Å². The van der Waals surface area contributed by atoms with Crippen LogP contribution in [0.4, 0.5) is 5.13 Å². The van der Waals surface area contributed by atoms with E-state index in [0.717, 1.165) is 16.7 Å². The summed E-state index contributed by atoms with van der Waals surface area (Å²) in [6, 6.07) is 21.0. The lowest BCUT2D eigenvalue weighted by Crippen LogP contribution is -2.45. The van der Waals surface area contributed by atoms with Gasteiger partial charge in [-0.2, -0.15) is 0 Å². The van der Waals surface area contributed by atoms with Gasteiger partial charge in [-0.1, -0.05) is 88.6 Å². The first-order valence-electron chi connectivity index (χ1n) is 10.4. The predicted molar refractivity (Wildman–Crippen MR) is 137 cm³/mol. The predicted octanol–water partition coefficient (Wildman–Crippen LogP) is 5.80. The fourth-order valence-electron chi connectivity index (χ4n) is 3.30. The molecule has 0 aliphatic rings. The second-order valence-corrected chi connectivity index (χ2v) is 9.41. The highest BCUT2D eigenvalue weighted by Crippen LogP contribution is 2.27. The summed E-state index contributed by atoms with van der Waals surface area (Å²) in [4.78, 5) is 26.0. The number of nitrogens with zero attached hydrogens (tertiary/aromatic N) is 2. The third-order valence-corrected chi connectivity index (χ3v) is 6.63. The van der Waals surface area contributed by atoms with Gasteiger partial charge in [0.15, 0.2) is 0 Å². The summed E-state index contributed by atoms with van der Waals surface area (Å²) in [5.41, 5.74) is 3.23. The summed E-state index contributed by atoms with van der Waals surface area (Å²) in [5.74, 6) is -0.837. The van der Waals surface area contributed by atoms with Gasteiger partial charge in [0.05, 0.1) is 10.0 Å². The zero-order valence-corrected chi connectivity index (χ0v) is 20.4. The number of hydrogen-bond acceptors (Lipinski definition) is 5. The second-order valence-electron chi connectivity index (χ2n) is 7.62. The number of halogens is 2. The van der Waals surface area contributed by atoms with Crippen LogP contribution in [-0.2, 0) is 11.2 Å². The Balaban J connectivity index is 1.53. The number of aryl methyl sites for hydroxylation is 1. The molecule has 1 heterocycles. The van der Waals surface area contributed by atoms with Crippen LogP contribution in [0.25, 0.3) is 10.6 Å². The topological polar surface area (TPSA) is 84.0 Å². The first-order valence-corrected chi connectivity index (χ1v) is 12.0. The second kappa shape index (κ2) is 10.8. The zero-order valence-electron chi connectivity index (χ0n) is 18.1. The van der Waals surface area contributed by atoms with Gasteiger partial charge in [0.2, 0.25) is 11.0 Å². The smallest absolute Gasteiger partial charge is 0.251 e. The van der Waals surface area contributed by atoms with Crippen molar-refractivity contribution in [1.82, 2.24) is 15.5 Å². The fraction of sp³-hybridized carbons (Fsp3) is 0.120. The molecule has 1 aromatic heterocycles. The molecule has 0 unspecified atom stereocenters. The van der Waals surface area contributed by atoms with Crippen molar-refractivity contribution in [2.75, 3.05) is 5.32 Å². The van der Waals surface area contributed by atoms with Crippen LogP contribution in [0.2, 0.25) is 10.0 Å². The largest absolute Gasteiger partial charge is 0.340 e. The molecule has 1 atom stereocenters. The Labute approximate surface area is 211 Å². The molecule has 0 fully saturated rings. The Bertz CT molecular complexity index is 1330. The van der Waals surface area contributed by atoms with Crippen molar-refractivity contribution in [2.24, 2.45) is 0 Å². The third kappa shape index (κ3) is 5.99. The number of amides is 2. The quantitative estimate of drug-likeness (QED) is 0.329. The van der Waals surface area contributed by atoms with Crippen molar-refractivity contribution >= 4 is 51.5 Å². The molecule has 0 radical (unpaired) electrons. The minimum absolute atomic E-state index is 0.260. The molecule has 4 aromatic rings. The van der Waals surface area contributed by atoms with Crippen molar-refractivity contribution in [2.45, 2.75) is 19.4 Å². The molecule has 0 spiro atoms. The summed E-state index contributed by atoms with van der Waals surface area (Å²) in [7, 11) is 0. The number of rotatable bonds is 7. The maximum absolute atomic E-state index is 13.2. The third-order valence-electron chi connectivity index (χ3n) is 5.01. The van der Waals surface area contributed by atoms with Crippen LogP contribution in [-0.4, -0.2) is 28.1 Å². The fourth-order valence-corrected chi connectivity index (χ4v) is 4.34. The average Bonchev–Trinajstić information content (AvgIpc) is 3.29. The molecule has 2 amide bonds. The highest BCUT2D eigenvalue weighted by Gasteiger charge is 2.24. The maximum Gasteiger partial charge on any atom is 0.251 e. The monoisotopic (exact) mass is 510 g/mol. The van der Waals surface area contributed by atoms with E-state index in [1.807, 2.05) is 61.5 Å². The lowest BCUT2D eigenvalue weighted by molar-refractivity contribution is -0.118. The molecule has 0 saturated heterocycles. The summed E-state index contributed by atoms with van der Waals surface area (Å²) in [6.07, 6.45) is 0.295. The number of carbonyl (C=O) groups excluding carboxylic acids is 2. The van der Waals surface area contributed by atoms with Crippen LogP contribution in [0, 0.1) is 6.92 Å². The Kier molecular flexibility index (Phi) is 7.57. The summed E-state index contributed by atoms with van der Waals surface area (Å²) >= 11 is 13.3. The van der Waals surface area contributed by atoms with Gasteiger partial charge in [-0.15, -0.1) is 10.2 Å². The highest BCUT2D eigenvalue weighted by molar-refractivity contribution is 7.18. The van der Waals surface area contributed by atoms with Gasteiger partial charge < -0.3 is 5.32 Å². The molecule has 6 nitrogen and oxygen atoms in total. The SMILES string of the molecule is Cc1cccc(-c2nnc(NC(=O)[C@H](Cc3ccccc3)NC(=O)c3ccc(Cl)c(Cl)c3)s2)c1. The number of anilines is 1. The summed E-state index contributed by atoms with van der Waals surface area (Å²) < 4.78 is 0. The van der Waals surface area contributed by atoms with Crippen LogP contribution >= 0.6 is 34.5 Å². The van der Waals surface area contributed by atoms with Gasteiger partial charge in [-0.25, -0.2) is 0 Å². The van der Waals surface area contributed by atoms with Gasteiger partial charge in [-0.3, -0.25) is 14.9 Å². The Morgan fingerprint density at radius 3 is 2.47 bits per heavy atom. The number of aromatic nitrogens is 2. The summed E-state index contributed by atoms with van der Waals surface area (Å²) in [5, 5.41) is 15.5. The standard InChI is InChI=1S/C25H20Cl2N4O2S/c1-15-6-5-9-18(12-15)24-30-31-25(34-24)29-23(33)21(13-16-7-3-2-4-8-16)28-22(32)17-10-11-19(26)20(27)14-17/h2-12,14,21H,13H2,1H3,(H,28,32)(H,29,31,33)/t21-/m0/s1. The number of carbonyl (C=O) groups is 2.